The first kappa shape index (κ1) is 18.2. The summed E-state index contributed by atoms with van der Waals surface area (Å²) < 4.78 is 8.77. The Morgan fingerprint density at radius 3 is 3.00 bits per heavy atom. The average Bonchev–Trinajstić information content (AvgIpc) is 2.89. The molecule has 2 N–H and O–H groups in total. The molecule has 0 radical (unpaired) electrons. The molecule has 26 heavy (non-hydrogen) atoms. The lowest BCUT2D eigenvalue weighted by atomic mass is 10.1. The van der Waals surface area contributed by atoms with E-state index in [9.17, 15) is 9.59 Å². The summed E-state index contributed by atoms with van der Waals surface area (Å²) in [4.78, 5) is 25.1. The third-order valence-corrected chi connectivity index (χ3v) is 4.57. The molecule has 2 aromatic rings. The predicted molar refractivity (Wildman–Crippen MR) is 97.7 cm³/mol. The van der Waals surface area contributed by atoms with Crippen LogP contribution in [0.2, 0.25) is 0 Å². The number of amides is 1. The van der Waals surface area contributed by atoms with Gasteiger partial charge < -0.3 is 19.9 Å². The van der Waals surface area contributed by atoms with E-state index >= 15 is 0 Å². The first-order chi connectivity index (χ1) is 12.6. The van der Waals surface area contributed by atoms with Crippen LogP contribution in [-0.4, -0.2) is 47.0 Å². The van der Waals surface area contributed by atoms with Gasteiger partial charge in [-0.25, -0.2) is 0 Å². The SMILES string of the molecule is COc1cc(=O)n2c(c1C(=O)NCCCc1cnn(C)c1)CCNCC2. The number of methoxy groups -OCH3 is 1. The number of carbonyl (C=O) groups excluding carboxylic acids is 1. The fourth-order valence-corrected chi connectivity index (χ4v) is 3.29. The molecule has 0 saturated carbocycles. The zero-order valence-corrected chi connectivity index (χ0v) is 15.2. The Morgan fingerprint density at radius 1 is 1.42 bits per heavy atom. The van der Waals surface area contributed by atoms with Crippen LogP contribution in [0.25, 0.3) is 0 Å². The normalized spacial score (nSPS) is 13.8. The molecule has 8 nitrogen and oxygen atoms in total. The molecule has 1 amide bonds. The van der Waals surface area contributed by atoms with E-state index < -0.39 is 0 Å². The van der Waals surface area contributed by atoms with E-state index in [0.717, 1.165) is 30.6 Å². The average molecular weight is 359 g/mol. The topological polar surface area (TPSA) is 90.2 Å². The number of hydrogen-bond acceptors (Lipinski definition) is 5. The fraction of sp³-hybridized carbons (Fsp3) is 0.500. The molecule has 0 bridgehead atoms. The van der Waals surface area contributed by atoms with E-state index in [2.05, 4.69) is 15.7 Å². The molecule has 0 aliphatic carbocycles. The molecule has 0 fully saturated rings. The van der Waals surface area contributed by atoms with Crippen molar-refractivity contribution in [1.82, 2.24) is 25.0 Å². The minimum absolute atomic E-state index is 0.131. The highest BCUT2D eigenvalue weighted by Crippen LogP contribution is 2.21. The molecular weight excluding hydrogens is 334 g/mol. The maximum absolute atomic E-state index is 12.8. The van der Waals surface area contributed by atoms with Gasteiger partial charge in [-0.2, -0.15) is 5.10 Å². The summed E-state index contributed by atoms with van der Waals surface area (Å²) in [6.45, 7) is 2.55. The molecule has 3 rings (SSSR count). The van der Waals surface area contributed by atoms with E-state index in [1.165, 1.54) is 13.2 Å². The summed E-state index contributed by atoms with van der Waals surface area (Å²) in [6.07, 6.45) is 6.09. The van der Waals surface area contributed by atoms with Gasteiger partial charge in [0, 0.05) is 57.6 Å². The Hall–Kier alpha value is -2.61. The number of aromatic nitrogens is 3. The van der Waals surface area contributed by atoms with Crippen LogP contribution in [0.3, 0.4) is 0 Å². The number of nitrogens with zero attached hydrogens (tertiary/aromatic N) is 3. The highest BCUT2D eigenvalue weighted by Gasteiger charge is 2.23. The Kier molecular flexibility index (Phi) is 5.72. The number of rotatable bonds is 6. The molecule has 1 aliphatic heterocycles. The molecule has 1 aliphatic rings. The van der Waals surface area contributed by atoms with Crippen LogP contribution >= 0.6 is 0 Å². The lowest BCUT2D eigenvalue weighted by Crippen LogP contribution is -2.32. The lowest BCUT2D eigenvalue weighted by molar-refractivity contribution is 0.0948. The van der Waals surface area contributed by atoms with Crippen molar-refractivity contribution in [2.75, 3.05) is 26.7 Å². The van der Waals surface area contributed by atoms with Gasteiger partial charge in [0.2, 0.25) is 0 Å². The van der Waals surface area contributed by atoms with E-state index in [4.69, 9.17) is 4.74 Å². The molecule has 2 aromatic heterocycles. The van der Waals surface area contributed by atoms with E-state index in [1.807, 2.05) is 19.4 Å². The quantitative estimate of drug-likeness (QED) is 0.714. The first-order valence-corrected chi connectivity index (χ1v) is 8.87. The van der Waals surface area contributed by atoms with E-state index in [0.29, 0.717) is 37.4 Å². The number of nitrogens with one attached hydrogen (secondary N) is 2. The van der Waals surface area contributed by atoms with Crippen LogP contribution in [0.15, 0.2) is 23.3 Å². The van der Waals surface area contributed by atoms with Crippen molar-refractivity contribution in [3.63, 3.8) is 0 Å². The van der Waals surface area contributed by atoms with Crippen molar-refractivity contribution in [3.05, 3.63) is 45.6 Å². The van der Waals surface area contributed by atoms with Gasteiger partial charge in [0.05, 0.1) is 13.3 Å². The van der Waals surface area contributed by atoms with Gasteiger partial charge >= 0.3 is 0 Å². The van der Waals surface area contributed by atoms with Crippen molar-refractivity contribution in [3.8, 4) is 5.75 Å². The third-order valence-electron chi connectivity index (χ3n) is 4.57. The maximum atomic E-state index is 12.8. The second-order valence-corrected chi connectivity index (χ2v) is 6.41. The smallest absolute Gasteiger partial charge is 0.256 e. The van der Waals surface area contributed by atoms with Crippen molar-refractivity contribution < 1.29 is 9.53 Å². The fourth-order valence-electron chi connectivity index (χ4n) is 3.29. The highest BCUT2D eigenvalue weighted by molar-refractivity contribution is 5.98. The molecule has 8 heteroatoms. The molecule has 0 saturated heterocycles. The maximum Gasteiger partial charge on any atom is 0.256 e. The van der Waals surface area contributed by atoms with Crippen LogP contribution in [0, 0.1) is 0 Å². The molecule has 0 aromatic carbocycles. The molecular formula is C18H25N5O3. The zero-order valence-electron chi connectivity index (χ0n) is 15.2. The monoisotopic (exact) mass is 359 g/mol. The van der Waals surface area contributed by atoms with Gasteiger partial charge in [0.1, 0.15) is 11.3 Å². The Balaban J connectivity index is 1.72. The summed E-state index contributed by atoms with van der Waals surface area (Å²) in [5.41, 5.74) is 2.22. The zero-order chi connectivity index (χ0) is 18.5. The van der Waals surface area contributed by atoms with Gasteiger partial charge in [-0.05, 0) is 18.4 Å². The largest absolute Gasteiger partial charge is 0.496 e. The number of aryl methyl sites for hydroxylation is 2. The summed E-state index contributed by atoms with van der Waals surface area (Å²) in [5, 5.41) is 10.4. The van der Waals surface area contributed by atoms with Crippen molar-refractivity contribution in [1.29, 1.82) is 0 Å². The lowest BCUT2D eigenvalue weighted by Gasteiger charge is -2.17. The molecule has 0 spiro atoms. The van der Waals surface area contributed by atoms with E-state index in [1.54, 1.807) is 9.25 Å². The van der Waals surface area contributed by atoms with Gasteiger partial charge in [0.25, 0.3) is 11.5 Å². The van der Waals surface area contributed by atoms with Crippen LogP contribution in [0.4, 0.5) is 0 Å². The number of carbonyl (C=O) groups is 1. The third kappa shape index (κ3) is 3.96. The second kappa shape index (κ2) is 8.18. The van der Waals surface area contributed by atoms with Crippen molar-refractivity contribution in [2.45, 2.75) is 25.8 Å². The molecule has 0 unspecified atom stereocenters. The minimum Gasteiger partial charge on any atom is -0.496 e. The Morgan fingerprint density at radius 2 is 2.27 bits per heavy atom. The summed E-state index contributed by atoms with van der Waals surface area (Å²) >= 11 is 0. The van der Waals surface area contributed by atoms with Crippen LogP contribution in [0.5, 0.6) is 5.75 Å². The standard InChI is InChI=1S/C18H25N5O3/c1-22-12-13(11-21-22)4-3-6-20-18(25)17-14-5-7-19-8-9-23(14)16(24)10-15(17)26-2/h10-12,19H,3-9H2,1-2H3,(H,20,25). The number of hydrogen-bond donors (Lipinski definition) is 2. The van der Waals surface area contributed by atoms with Crippen LogP contribution in [0.1, 0.15) is 28.0 Å². The molecule has 3 heterocycles. The Labute approximate surface area is 152 Å². The minimum atomic E-state index is -0.196. The number of pyridine rings is 1. The van der Waals surface area contributed by atoms with Gasteiger partial charge in [-0.1, -0.05) is 0 Å². The Bertz CT molecular complexity index is 840. The first-order valence-electron chi connectivity index (χ1n) is 8.87. The van der Waals surface area contributed by atoms with Gasteiger partial charge in [-0.15, -0.1) is 0 Å². The van der Waals surface area contributed by atoms with Crippen LogP contribution in [-0.2, 0) is 26.4 Å². The van der Waals surface area contributed by atoms with Crippen LogP contribution < -0.4 is 20.9 Å². The van der Waals surface area contributed by atoms with E-state index in [-0.39, 0.29) is 11.5 Å². The van der Waals surface area contributed by atoms with Crippen molar-refractivity contribution >= 4 is 5.91 Å². The van der Waals surface area contributed by atoms with Crippen molar-refractivity contribution in [2.24, 2.45) is 7.05 Å². The number of fused-ring (bicyclic) bond motifs is 1. The van der Waals surface area contributed by atoms with Gasteiger partial charge in [-0.3, -0.25) is 14.3 Å². The summed E-state index contributed by atoms with van der Waals surface area (Å²) in [7, 11) is 3.37. The predicted octanol–water partition coefficient (Wildman–Crippen LogP) is 0.0987. The summed E-state index contributed by atoms with van der Waals surface area (Å²) in [5.74, 6) is 0.145. The summed E-state index contributed by atoms with van der Waals surface area (Å²) in [6, 6.07) is 1.40. The van der Waals surface area contributed by atoms with Gasteiger partial charge in [0.15, 0.2) is 0 Å². The highest BCUT2D eigenvalue weighted by atomic mass is 16.5. The number of ether oxygens (including phenoxy) is 1. The molecule has 140 valence electrons. The molecule has 0 atom stereocenters. The second-order valence-electron chi connectivity index (χ2n) is 6.41.